The summed E-state index contributed by atoms with van der Waals surface area (Å²) in [5.74, 6) is 2.45. The van der Waals surface area contributed by atoms with Crippen molar-refractivity contribution in [3.8, 4) is 10.7 Å². The lowest BCUT2D eigenvalue weighted by atomic mass is 10.4. The fourth-order valence-corrected chi connectivity index (χ4v) is 3.52. The number of thiophene rings is 1. The van der Waals surface area contributed by atoms with Crippen molar-refractivity contribution in [1.82, 2.24) is 19.9 Å². The van der Waals surface area contributed by atoms with E-state index in [0.29, 0.717) is 23.8 Å². The van der Waals surface area contributed by atoms with Crippen LogP contribution >= 0.6 is 23.1 Å². The standard InChI is InChI=1S/C14H15N5O2S2/c1-9-8-11(18-21-9)15-12(20)5-7-23-14-17-16-13(19(14)2)10-4-3-6-22-10/h3-4,6,8H,5,7H2,1-2H3,(H,15,18,20). The Balaban J connectivity index is 1.52. The number of nitrogens with one attached hydrogen (secondary N) is 1. The molecule has 0 aliphatic heterocycles. The maximum absolute atomic E-state index is 11.8. The number of hydrogen-bond donors (Lipinski definition) is 1. The third kappa shape index (κ3) is 3.80. The van der Waals surface area contributed by atoms with Gasteiger partial charge in [0, 0.05) is 25.3 Å². The number of hydrogen-bond acceptors (Lipinski definition) is 7. The third-order valence-electron chi connectivity index (χ3n) is 3.03. The monoisotopic (exact) mass is 349 g/mol. The highest BCUT2D eigenvalue weighted by Crippen LogP contribution is 2.26. The van der Waals surface area contributed by atoms with E-state index in [1.807, 2.05) is 29.1 Å². The Morgan fingerprint density at radius 3 is 3.04 bits per heavy atom. The van der Waals surface area contributed by atoms with Crippen LogP contribution in [0.1, 0.15) is 12.2 Å². The molecule has 1 amide bonds. The number of thioether (sulfide) groups is 1. The molecule has 0 bridgehead atoms. The van der Waals surface area contributed by atoms with Gasteiger partial charge in [0.2, 0.25) is 5.91 Å². The van der Waals surface area contributed by atoms with Crippen LogP contribution in [0.3, 0.4) is 0 Å². The molecule has 0 spiro atoms. The lowest BCUT2D eigenvalue weighted by molar-refractivity contribution is -0.115. The van der Waals surface area contributed by atoms with E-state index in [1.165, 1.54) is 11.8 Å². The smallest absolute Gasteiger partial charge is 0.226 e. The summed E-state index contributed by atoms with van der Waals surface area (Å²) in [5.41, 5.74) is 0. The minimum atomic E-state index is -0.105. The van der Waals surface area contributed by atoms with E-state index in [4.69, 9.17) is 4.52 Å². The van der Waals surface area contributed by atoms with Gasteiger partial charge in [0.05, 0.1) is 4.88 Å². The Bertz CT molecular complexity index is 794. The van der Waals surface area contributed by atoms with Crippen LogP contribution in [-0.2, 0) is 11.8 Å². The zero-order valence-electron chi connectivity index (χ0n) is 12.6. The Kier molecular flexibility index (Phi) is 4.77. The van der Waals surface area contributed by atoms with E-state index in [-0.39, 0.29) is 5.91 Å². The Labute approximate surface area is 141 Å². The fraction of sp³-hybridized carbons (Fsp3) is 0.286. The zero-order chi connectivity index (χ0) is 16.2. The van der Waals surface area contributed by atoms with Crippen molar-refractivity contribution in [3.63, 3.8) is 0 Å². The second-order valence-electron chi connectivity index (χ2n) is 4.81. The maximum Gasteiger partial charge on any atom is 0.226 e. The molecule has 0 aliphatic carbocycles. The number of aromatic nitrogens is 4. The number of amides is 1. The number of nitrogens with zero attached hydrogens (tertiary/aromatic N) is 4. The molecule has 3 aromatic rings. The average Bonchev–Trinajstić information content (AvgIpc) is 3.23. The summed E-state index contributed by atoms with van der Waals surface area (Å²) in [6, 6.07) is 5.68. The zero-order valence-corrected chi connectivity index (χ0v) is 14.3. The van der Waals surface area contributed by atoms with Gasteiger partial charge in [-0.2, -0.15) is 0 Å². The highest BCUT2D eigenvalue weighted by Gasteiger charge is 2.13. The first-order valence-corrected chi connectivity index (χ1v) is 8.79. The van der Waals surface area contributed by atoms with E-state index in [2.05, 4.69) is 20.7 Å². The molecule has 9 heteroatoms. The van der Waals surface area contributed by atoms with Gasteiger partial charge in [-0.05, 0) is 18.4 Å². The van der Waals surface area contributed by atoms with E-state index in [0.717, 1.165) is 15.9 Å². The van der Waals surface area contributed by atoms with Crippen LogP contribution in [0.4, 0.5) is 5.82 Å². The molecule has 0 radical (unpaired) electrons. The van der Waals surface area contributed by atoms with Crippen molar-refractivity contribution < 1.29 is 9.32 Å². The number of carbonyl (C=O) groups is 1. The number of anilines is 1. The molecule has 3 aromatic heterocycles. The molecule has 3 rings (SSSR count). The van der Waals surface area contributed by atoms with E-state index < -0.39 is 0 Å². The molecule has 0 aromatic carbocycles. The topological polar surface area (TPSA) is 85.8 Å². The Morgan fingerprint density at radius 2 is 2.35 bits per heavy atom. The summed E-state index contributed by atoms with van der Waals surface area (Å²) in [6.45, 7) is 1.78. The van der Waals surface area contributed by atoms with Gasteiger partial charge in [-0.15, -0.1) is 21.5 Å². The molecule has 23 heavy (non-hydrogen) atoms. The van der Waals surface area contributed by atoms with Crippen molar-refractivity contribution >= 4 is 34.8 Å². The first kappa shape index (κ1) is 15.8. The van der Waals surface area contributed by atoms with Gasteiger partial charge in [-0.25, -0.2) is 0 Å². The summed E-state index contributed by atoms with van der Waals surface area (Å²) >= 11 is 3.12. The van der Waals surface area contributed by atoms with Gasteiger partial charge in [-0.3, -0.25) is 4.79 Å². The third-order valence-corrected chi connectivity index (χ3v) is 4.92. The van der Waals surface area contributed by atoms with Crippen molar-refractivity contribution in [2.24, 2.45) is 7.05 Å². The highest BCUT2D eigenvalue weighted by atomic mass is 32.2. The molecule has 3 heterocycles. The van der Waals surface area contributed by atoms with Gasteiger partial charge in [0.15, 0.2) is 16.8 Å². The molecular weight excluding hydrogens is 334 g/mol. The lowest BCUT2D eigenvalue weighted by Gasteiger charge is -2.03. The number of rotatable bonds is 6. The predicted octanol–water partition coefficient (Wildman–Crippen LogP) is 2.96. The summed E-state index contributed by atoms with van der Waals surface area (Å²) in [6.07, 6.45) is 0.359. The van der Waals surface area contributed by atoms with Crippen molar-refractivity contribution in [2.75, 3.05) is 11.1 Å². The maximum atomic E-state index is 11.8. The largest absolute Gasteiger partial charge is 0.360 e. The Hall–Kier alpha value is -2.13. The van der Waals surface area contributed by atoms with E-state index >= 15 is 0 Å². The molecule has 120 valence electrons. The van der Waals surface area contributed by atoms with Crippen molar-refractivity contribution in [1.29, 1.82) is 0 Å². The second kappa shape index (κ2) is 6.97. The predicted molar refractivity (Wildman–Crippen MR) is 89.5 cm³/mol. The molecule has 0 saturated heterocycles. The highest BCUT2D eigenvalue weighted by molar-refractivity contribution is 7.99. The molecule has 7 nitrogen and oxygen atoms in total. The van der Waals surface area contributed by atoms with Crippen LogP contribution in [0.2, 0.25) is 0 Å². The second-order valence-corrected chi connectivity index (χ2v) is 6.82. The van der Waals surface area contributed by atoms with Crippen LogP contribution in [0.25, 0.3) is 10.7 Å². The quantitative estimate of drug-likeness (QED) is 0.689. The molecule has 0 aliphatic rings. The van der Waals surface area contributed by atoms with Gasteiger partial charge in [0.25, 0.3) is 0 Å². The van der Waals surface area contributed by atoms with Crippen LogP contribution in [-0.4, -0.2) is 31.6 Å². The SMILES string of the molecule is Cc1cc(NC(=O)CCSc2nnc(-c3cccs3)n2C)no1. The van der Waals surface area contributed by atoms with Crippen molar-refractivity contribution in [3.05, 3.63) is 29.3 Å². The minimum absolute atomic E-state index is 0.105. The van der Waals surface area contributed by atoms with Crippen LogP contribution in [0.15, 0.2) is 33.3 Å². The first-order chi connectivity index (χ1) is 11.1. The minimum Gasteiger partial charge on any atom is -0.360 e. The Morgan fingerprint density at radius 1 is 1.48 bits per heavy atom. The van der Waals surface area contributed by atoms with E-state index in [9.17, 15) is 4.79 Å². The van der Waals surface area contributed by atoms with Gasteiger partial charge in [-0.1, -0.05) is 23.0 Å². The summed E-state index contributed by atoms with van der Waals surface area (Å²) in [4.78, 5) is 12.9. The molecule has 0 saturated carbocycles. The van der Waals surface area contributed by atoms with Crippen LogP contribution < -0.4 is 5.32 Å². The van der Waals surface area contributed by atoms with E-state index in [1.54, 1.807) is 24.3 Å². The lowest BCUT2D eigenvalue weighted by Crippen LogP contribution is -2.12. The first-order valence-electron chi connectivity index (χ1n) is 6.92. The molecule has 0 atom stereocenters. The fourth-order valence-electron chi connectivity index (χ4n) is 1.93. The molecule has 1 N–H and O–H groups in total. The summed E-state index contributed by atoms with van der Waals surface area (Å²) < 4.78 is 6.84. The molecule has 0 unspecified atom stereocenters. The molecular formula is C14H15N5O2S2. The average molecular weight is 349 g/mol. The summed E-state index contributed by atoms with van der Waals surface area (Å²) in [7, 11) is 1.93. The summed E-state index contributed by atoms with van der Waals surface area (Å²) in [5, 5.41) is 17.6. The van der Waals surface area contributed by atoms with Gasteiger partial charge in [0.1, 0.15) is 5.76 Å². The molecule has 0 fully saturated rings. The van der Waals surface area contributed by atoms with Crippen LogP contribution in [0.5, 0.6) is 0 Å². The van der Waals surface area contributed by atoms with Crippen molar-refractivity contribution in [2.45, 2.75) is 18.5 Å². The number of aryl methyl sites for hydroxylation is 1. The van der Waals surface area contributed by atoms with Gasteiger partial charge < -0.3 is 14.4 Å². The van der Waals surface area contributed by atoms with Gasteiger partial charge >= 0.3 is 0 Å². The normalized spacial score (nSPS) is 10.9. The number of carbonyl (C=O) groups excluding carboxylic acids is 1. The van der Waals surface area contributed by atoms with Crippen LogP contribution in [0, 0.1) is 6.92 Å².